The number of benzene rings is 2. The molecule has 2 aliphatic heterocycles. The standard InChI is InChI=1S/C42H50N4O8S2/c1-25(2)10-8-20-55-33-22-37(50)45(41(33)52)18-16-35(48)43-31-14-6-12-28-30(24-54-27(5)47)29-13-7-15-32(40(29)39(28)31)44-36(49)17-19-46-38(51)23-34(42(46)53)56-21-9-11-26(3)4/h6-7,12-15,30,33-34H,1,3,8-11,16-24H2,2,4-5H3,(H,43,48)(H,44,49). The van der Waals surface area contributed by atoms with E-state index in [9.17, 15) is 33.6 Å². The molecule has 2 aromatic rings. The maximum absolute atomic E-state index is 13.4. The molecule has 2 saturated heterocycles. The number of anilines is 2. The van der Waals surface area contributed by atoms with Crippen LogP contribution < -0.4 is 10.6 Å². The summed E-state index contributed by atoms with van der Waals surface area (Å²) in [5.41, 5.74) is 5.87. The fraction of sp³-hybridized carbons (Fsp3) is 0.452. The number of fused-ring (bicyclic) bond motifs is 3. The molecule has 2 unspecified atom stereocenters. The Morgan fingerprint density at radius 1 is 0.696 bits per heavy atom. The average molecular weight is 803 g/mol. The summed E-state index contributed by atoms with van der Waals surface area (Å²) in [6, 6.07) is 10.8. The third-order valence-corrected chi connectivity index (χ3v) is 12.4. The highest BCUT2D eigenvalue weighted by Gasteiger charge is 2.40. The second-order valence-corrected chi connectivity index (χ2v) is 17.1. The molecule has 0 saturated carbocycles. The fourth-order valence-electron chi connectivity index (χ4n) is 7.12. The summed E-state index contributed by atoms with van der Waals surface area (Å²) in [5, 5.41) is 5.00. The summed E-state index contributed by atoms with van der Waals surface area (Å²) in [6.45, 7) is 13.0. The SMILES string of the molecule is C=C(C)CCCSC1CC(=O)N(CCC(=O)Nc2cccc3c2-c2c(NC(=O)CCN4C(=O)CC(SCCCC(=C)C)C4=O)cccc2C3COC(C)=O)C1=O. The van der Waals surface area contributed by atoms with Crippen molar-refractivity contribution in [3.8, 4) is 11.1 Å². The van der Waals surface area contributed by atoms with E-state index in [0.717, 1.165) is 69.3 Å². The number of imide groups is 2. The Kier molecular flexibility index (Phi) is 14.7. The van der Waals surface area contributed by atoms with Crippen LogP contribution in [0.1, 0.15) is 89.2 Å². The normalized spacial score (nSPS) is 18.6. The molecule has 2 heterocycles. The van der Waals surface area contributed by atoms with Crippen LogP contribution in [0, 0.1) is 0 Å². The minimum atomic E-state index is -0.457. The van der Waals surface area contributed by atoms with Crippen molar-refractivity contribution in [3.05, 3.63) is 71.8 Å². The molecule has 3 aliphatic rings. The van der Waals surface area contributed by atoms with Gasteiger partial charge in [-0.2, -0.15) is 0 Å². The minimum Gasteiger partial charge on any atom is -0.465 e. The molecule has 6 amide bonds. The first-order valence-corrected chi connectivity index (χ1v) is 21.0. The highest BCUT2D eigenvalue weighted by Crippen LogP contribution is 2.51. The number of ether oxygens (including phenoxy) is 1. The summed E-state index contributed by atoms with van der Waals surface area (Å²) in [4.78, 5) is 92.6. The zero-order valence-electron chi connectivity index (χ0n) is 32.3. The molecular formula is C42H50N4O8S2. The van der Waals surface area contributed by atoms with E-state index in [4.69, 9.17) is 4.74 Å². The van der Waals surface area contributed by atoms with E-state index in [1.807, 2.05) is 26.0 Å². The van der Waals surface area contributed by atoms with Crippen LogP contribution in [0.4, 0.5) is 11.4 Å². The Bertz CT molecular complexity index is 1800. The van der Waals surface area contributed by atoms with E-state index >= 15 is 0 Å². The molecule has 0 radical (unpaired) electrons. The summed E-state index contributed by atoms with van der Waals surface area (Å²) < 4.78 is 5.45. The lowest BCUT2D eigenvalue weighted by Gasteiger charge is -2.17. The van der Waals surface area contributed by atoms with Crippen LogP contribution >= 0.6 is 23.5 Å². The number of likely N-dealkylation sites (tertiary alicyclic amines) is 2. The van der Waals surface area contributed by atoms with Crippen LogP contribution in [0.2, 0.25) is 0 Å². The van der Waals surface area contributed by atoms with Gasteiger partial charge >= 0.3 is 5.97 Å². The third-order valence-electron chi connectivity index (χ3n) is 9.86. The predicted molar refractivity (Wildman–Crippen MR) is 220 cm³/mol. The Morgan fingerprint density at radius 2 is 1.12 bits per heavy atom. The van der Waals surface area contributed by atoms with Crippen molar-refractivity contribution in [1.82, 2.24) is 9.80 Å². The van der Waals surface area contributed by atoms with Crippen LogP contribution in [-0.4, -0.2) is 92.9 Å². The summed E-state index contributed by atoms with van der Waals surface area (Å²) in [5.74, 6) is -1.34. The molecule has 0 bridgehead atoms. The van der Waals surface area contributed by atoms with Crippen molar-refractivity contribution in [2.45, 2.75) is 88.6 Å². The van der Waals surface area contributed by atoms with E-state index in [-0.39, 0.29) is 69.0 Å². The van der Waals surface area contributed by atoms with Crippen molar-refractivity contribution in [2.24, 2.45) is 0 Å². The number of thioether (sulfide) groups is 2. The maximum atomic E-state index is 13.4. The number of esters is 1. The summed E-state index contributed by atoms with van der Waals surface area (Å²) in [7, 11) is 0. The largest absolute Gasteiger partial charge is 0.465 e. The first-order valence-electron chi connectivity index (χ1n) is 18.9. The number of carbonyl (C=O) groups is 7. The number of hydrogen-bond acceptors (Lipinski definition) is 10. The minimum absolute atomic E-state index is 0.0290. The molecule has 5 rings (SSSR count). The van der Waals surface area contributed by atoms with E-state index in [2.05, 4.69) is 23.8 Å². The van der Waals surface area contributed by atoms with Crippen molar-refractivity contribution in [2.75, 3.05) is 41.8 Å². The van der Waals surface area contributed by atoms with Crippen molar-refractivity contribution in [1.29, 1.82) is 0 Å². The van der Waals surface area contributed by atoms with Gasteiger partial charge in [-0.15, -0.1) is 36.7 Å². The van der Waals surface area contributed by atoms with Crippen LogP contribution in [-0.2, 0) is 38.3 Å². The summed E-state index contributed by atoms with van der Waals surface area (Å²) in [6.07, 6.45) is 3.45. The topological polar surface area (TPSA) is 159 Å². The van der Waals surface area contributed by atoms with Gasteiger partial charge in [0.2, 0.25) is 35.4 Å². The molecular weight excluding hydrogens is 753 g/mol. The van der Waals surface area contributed by atoms with Gasteiger partial charge in [0.15, 0.2) is 0 Å². The Hall–Kier alpha value is -4.69. The zero-order valence-corrected chi connectivity index (χ0v) is 33.9. The van der Waals surface area contributed by atoms with Gasteiger partial charge < -0.3 is 15.4 Å². The molecule has 56 heavy (non-hydrogen) atoms. The van der Waals surface area contributed by atoms with Gasteiger partial charge in [-0.3, -0.25) is 43.4 Å². The van der Waals surface area contributed by atoms with Crippen molar-refractivity contribution < 1.29 is 38.3 Å². The number of amides is 6. The van der Waals surface area contributed by atoms with E-state index < -0.39 is 34.2 Å². The zero-order chi connectivity index (χ0) is 40.5. The van der Waals surface area contributed by atoms with E-state index in [1.54, 1.807) is 24.3 Å². The van der Waals surface area contributed by atoms with Gasteiger partial charge in [0.1, 0.15) is 6.61 Å². The Labute approximate surface area is 336 Å². The van der Waals surface area contributed by atoms with Crippen molar-refractivity contribution in [3.63, 3.8) is 0 Å². The lowest BCUT2D eigenvalue weighted by Crippen LogP contribution is -2.34. The van der Waals surface area contributed by atoms with Crippen LogP contribution in [0.15, 0.2) is 60.7 Å². The highest BCUT2D eigenvalue weighted by molar-refractivity contribution is 8.00. The van der Waals surface area contributed by atoms with E-state index in [0.29, 0.717) is 22.5 Å². The van der Waals surface area contributed by atoms with Gasteiger partial charge in [-0.25, -0.2) is 0 Å². The number of allylic oxidation sites excluding steroid dienone is 2. The molecule has 0 spiro atoms. The second kappa shape index (κ2) is 19.4. The monoisotopic (exact) mass is 802 g/mol. The average Bonchev–Trinajstić information content (AvgIpc) is 3.72. The molecule has 14 heteroatoms. The molecule has 0 aromatic heterocycles. The van der Waals surface area contributed by atoms with Gasteiger partial charge in [0.05, 0.1) is 10.5 Å². The smallest absolute Gasteiger partial charge is 0.302 e. The quantitative estimate of drug-likeness (QED) is 0.0660. The highest BCUT2D eigenvalue weighted by atomic mass is 32.2. The molecule has 2 atom stereocenters. The van der Waals surface area contributed by atoms with Gasteiger partial charge in [0.25, 0.3) is 0 Å². The fourth-order valence-corrected chi connectivity index (χ4v) is 9.37. The lowest BCUT2D eigenvalue weighted by molar-refractivity contribution is -0.141. The van der Waals surface area contributed by atoms with Crippen LogP contribution in [0.3, 0.4) is 0 Å². The lowest BCUT2D eigenvalue weighted by atomic mass is 9.97. The van der Waals surface area contributed by atoms with Gasteiger partial charge in [0, 0.05) is 74.1 Å². The van der Waals surface area contributed by atoms with Gasteiger partial charge in [-0.05, 0) is 74.3 Å². The number of carbonyl (C=O) groups excluding carboxylic acids is 7. The van der Waals surface area contributed by atoms with Crippen LogP contribution in [0.5, 0.6) is 0 Å². The molecule has 2 N–H and O–H groups in total. The van der Waals surface area contributed by atoms with Gasteiger partial charge in [-0.1, -0.05) is 35.4 Å². The Balaban J connectivity index is 1.27. The van der Waals surface area contributed by atoms with Crippen LogP contribution in [0.25, 0.3) is 11.1 Å². The molecule has 2 fully saturated rings. The van der Waals surface area contributed by atoms with Crippen molar-refractivity contribution >= 4 is 76.3 Å². The first-order chi connectivity index (χ1) is 26.7. The molecule has 1 aliphatic carbocycles. The number of hydrogen-bond donors (Lipinski definition) is 2. The number of nitrogens with zero attached hydrogens (tertiary/aromatic N) is 2. The number of nitrogens with one attached hydrogen (secondary N) is 2. The first kappa shape index (κ1) is 42.5. The molecule has 298 valence electrons. The second-order valence-electron chi connectivity index (χ2n) is 14.5. The Morgan fingerprint density at radius 3 is 1.52 bits per heavy atom. The molecule has 12 nitrogen and oxygen atoms in total. The van der Waals surface area contributed by atoms with E-state index in [1.165, 1.54) is 30.4 Å². The maximum Gasteiger partial charge on any atom is 0.302 e. The molecule has 2 aromatic carbocycles. The third kappa shape index (κ3) is 10.6. The predicted octanol–water partition coefficient (Wildman–Crippen LogP) is 6.45. The number of rotatable bonds is 20. The summed E-state index contributed by atoms with van der Waals surface area (Å²) >= 11 is 2.92.